The molecule has 0 fully saturated rings. The molecule has 2 aromatic carbocycles. The van der Waals surface area contributed by atoms with Crippen molar-refractivity contribution >= 4 is 0 Å². The van der Waals surface area contributed by atoms with Gasteiger partial charge in [-0.1, -0.05) is 30.3 Å². The summed E-state index contributed by atoms with van der Waals surface area (Å²) in [5.41, 5.74) is 2.91. The molecule has 0 spiro atoms. The van der Waals surface area contributed by atoms with Crippen molar-refractivity contribution in [2.75, 3.05) is 21.3 Å². The van der Waals surface area contributed by atoms with Crippen molar-refractivity contribution in [3.63, 3.8) is 0 Å². The van der Waals surface area contributed by atoms with Gasteiger partial charge in [-0.2, -0.15) is 5.10 Å². The SMILES string of the molecule is COc1cc(Cc2cc(-c3ccccc3)n[nH]c2=O)cc(OC)c1OC. The van der Waals surface area contributed by atoms with Crippen molar-refractivity contribution in [1.29, 1.82) is 0 Å². The smallest absolute Gasteiger partial charge is 0.267 e. The average Bonchev–Trinajstić information content (AvgIpc) is 2.69. The monoisotopic (exact) mass is 352 g/mol. The molecule has 1 aromatic heterocycles. The van der Waals surface area contributed by atoms with Crippen LogP contribution in [0.15, 0.2) is 53.3 Å². The van der Waals surface area contributed by atoms with Gasteiger partial charge in [0.25, 0.3) is 5.56 Å². The highest BCUT2D eigenvalue weighted by molar-refractivity contribution is 5.59. The molecule has 0 atom stereocenters. The molecule has 0 radical (unpaired) electrons. The fourth-order valence-corrected chi connectivity index (χ4v) is 2.79. The van der Waals surface area contributed by atoms with Crippen LogP contribution in [0.1, 0.15) is 11.1 Å². The van der Waals surface area contributed by atoms with Gasteiger partial charge >= 0.3 is 0 Å². The maximum atomic E-state index is 12.2. The number of hydrogen-bond donors (Lipinski definition) is 1. The number of hydrogen-bond acceptors (Lipinski definition) is 5. The first-order valence-corrected chi connectivity index (χ1v) is 8.09. The lowest BCUT2D eigenvalue weighted by Crippen LogP contribution is -2.15. The van der Waals surface area contributed by atoms with Crippen molar-refractivity contribution in [2.24, 2.45) is 0 Å². The van der Waals surface area contributed by atoms with Crippen molar-refractivity contribution in [3.8, 4) is 28.5 Å². The number of nitrogens with one attached hydrogen (secondary N) is 1. The number of aromatic nitrogens is 2. The minimum Gasteiger partial charge on any atom is -0.493 e. The molecule has 0 aliphatic rings. The van der Waals surface area contributed by atoms with E-state index in [-0.39, 0.29) is 5.56 Å². The molecule has 1 N–H and O–H groups in total. The number of H-pyrrole nitrogens is 1. The summed E-state index contributed by atoms with van der Waals surface area (Å²) in [6.07, 6.45) is 0.411. The number of benzene rings is 2. The van der Waals surface area contributed by atoms with E-state index in [0.717, 1.165) is 11.1 Å². The van der Waals surface area contributed by atoms with Crippen LogP contribution in [-0.2, 0) is 6.42 Å². The van der Waals surface area contributed by atoms with Gasteiger partial charge in [-0.15, -0.1) is 0 Å². The lowest BCUT2D eigenvalue weighted by atomic mass is 10.0. The topological polar surface area (TPSA) is 73.4 Å². The van der Waals surface area contributed by atoms with Gasteiger partial charge in [0.1, 0.15) is 0 Å². The van der Waals surface area contributed by atoms with Crippen molar-refractivity contribution in [2.45, 2.75) is 6.42 Å². The van der Waals surface area contributed by atoms with Crippen LogP contribution >= 0.6 is 0 Å². The quantitative estimate of drug-likeness (QED) is 0.738. The van der Waals surface area contributed by atoms with E-state index in [0.29, 0.717) is 34.9 Å². The minimum atomic E-state index is -0.224. The van der Waals surface area contributed by atoms with Crippen LogP contribution in [0.2, 0.25) is 0 Å². The van der Waals surface area contributed by atoms with Crippen LogP contribution in [0.25, 0.3) is 11.3 Å². The molecule has 0 amide bonds. The van der Waals surface area contributed by atoms with E-state index in [1.165, 1.54) is 0 Å². The Hall–Kier alpha value is -3.28. The number of methoxy groups -OCH3 is 3. The van der Waals surface area contributed by atoms with E-state index < -0.39 is 0 Å². The molecular formula is C20H20N2O4. The largest absolute Gasteiger partial charge is 0.493 e. The molecule has 1 heterocycles. The lowest BCUT2D eigenvalue weighted by Gasteiger charge is -2.14. The fourth-order valence-electron chi connectivity index (χ4n) is 2.79. The van der Waals surface area contributed by atoms with E-state index in [9.17, 15) is 4.79 Å². The molecule has 0 aliphatic carbocycles. The van der Waals surface area contributed by atoms with E-state index >= 15 is 0 Å². The molecule has 0 saturated heterocycles. The Morgan fingerprint density at radius 3 is 2.15 bits per heavy atom. The highest BCUT2D eigenvalue weighted by Crippen LogP contribution is 2.38. The first-order valence-electron chi connectivity index (χ1n) is 8.09. The Kier molecular flexibility index (Phi) is 5.22. The fraction of sp³-hybridized carbons (Fsp3) is 0.200. The Bertz CT molecular complexity index is 927. The third-order valence-electron chi connectivity index (χ3n) is 4.07. The summed E-state index contributed by atoms with van der Waals surface area (Å²) in [5, 5.41) is 6.71. The van der Waals surface area contributed by atoms with Gasteiger partial charge in [0.2, 0.25) is 5.75 Å². The summed E-state index contributed by atoms with van der Waals surface area (Å²) in [5.74, 6) is 1.62. The third-order valence-corrected chi connectivity index (χ3v) is 4.07. The second-order valence-electron chi connectivity index (χ2n) is 5.68. The molecular weight excluding hydrogens is 332 g/mol. The average molecular weight is 352 g/mol. The summed E-state index contributed by atoms with van der Waals surface area (Å²) in [4.78, 5) is 12.2. The molecule has 0 aliphatic heterocycles. The molecule has 6 heteroatoms. The number of ether oxygens (including phenoxy) is 3. The number of rotatable bonds is 6. The Balaban J connectivity index is 2.00. The van der Waals surface area contributed by atoms with Crippen LogP contribution < -0.4 is 19.8 Å². The van der Waals surface area contributed by atoms with Crippen molar-refractivity contribution in [1.82, 2.24) is 10.2 Å². The van der Waals surface area contributed by atoms with Gasteiger partial charge < -0.3 is 14.2 Å². The lowest BCUT2D eigenvalue weighted by molar-refractivity contribution is 0.324. The molecule has 3 aromatic rings. The molecule has 0 saturated carbocycles. The Labute approximate surface area is 151 Å². The second kappa shape index (κ2) is 7.74. The van der Waals surface area contributed by atoms with E-state index in [4.69, 9.17) is 14.2 Å². The normalized spacial score (nSPS) is 10.4. The predicted octanol–water partition coefficient (Wildman–Crippen LogP) is 3.05. The molecule has 26 heavy (non-hydrogen) atoms. The zero-order valence-corrected chi connectivity index (χ0v) is 14.9. The molecule has 0 unspecified atom stereocenters. The van der Waals surface area contributed by atoms with Gasteiger partial charge in [-0.05, 0) is 23.8 Å². The van der Waals surface area contributed by atoms with E-state index in [2.05, 4.69) is 10.2 Å². The van der Waals surface area contributed by atoms with Crippen molar-refractivity contribution < 1.29 is 14.2 Å². The zero-order valence-electron chi connectivity index (χ0n) is 14.9. The minimum absolute atomic E-state index is 0.224. The molecule has 3 rings (SSSR count). The number of nitrogens with zero attached hydrogens (tertiary/aromatic N) is 1. The third kappa shape index (κ3) is 3.54. The maximum Gasteiger partial charge on any atom is 0.267 e. The number of aromatic amines is 1. The molecule has 134 valence electrons. The van der Waals surface area contributed by atoms with Crippen LogP contribution in [-0.4, -0.2) is 31.5 Å². The first-order chi connectivity index (χ1) is 12.7. The standard InChI is InChI=1S/C20H20N2O4/c1-24-17-10-13(11-18(25-2)19(17)26-3)9-15-12-16(21-22-20(15)23)14-7-5-4-6-8-14/h4-8,10-12H,9H2,1-3H3,(H,22,23). The summed E-state index contributed by atoms with van der Waals surface area (Å²) in [6, 6.07) is 15.2. The summed E-state index contributed by atoms with van der Waals surface area (Å²) < 4.78 is 16.1. The van der Waals surface area contributed by atoms with Gasteiger partial charge in [0.05, 0.1) is 27.0 Å². The van der Waals surface area contributed by atoms with Gasteiger partial charge in [-0.3, -0.25) is 4.79 Å². The van der Waals surface area contributed by atoms with Crippen LogP contribution in [0.5, 0.6) is 17.2 Å². The van der Waals surface area contributed by atoms with Gasteiger partial charge in [0.15, 0.2) is 11.5 Å². The maximum absolute atomic E-state index is 12.2. The highest BCUT2D eigenvalue weighted by Gasteiger charge is 2.14. The van der Waals surface area contributed by atoms with Gasteiger partial charge in [-0.25, -0.2) is 5.10 Å². The Morgan fingerprint density at radius 2 is 1.58 bits per heavy atom. The zero-order chi connectivity index (χ0) is 18.5. The van der Waals surface area contributed by atoms with Gasteiger partial charge in [0, 0.05) is 17.5 Å². The predicted molar refractivity (Wildman–Crippen MR) is 99.2 cm³/mol. The summed E-state index contributed by atoms with van der Waals surface area (Å²) >= 11 is 0. The highest BCUT2D eigenvalue weighted by atomic mass is 16.5. The molecule has 0 bridgehead atoms. The van der Waals surface area contributed by atoms with Crippen LogP contribution in [0.3, 0.4) is 0 Å². The molecule has 6 nitrogen and oxygen atoms in total. The van der Waals surface area contributed by atoms with E-state index in [1.807, 2.05) is 42.5 Å². The Morgan fingerprint density at radius 1 is 0.923 bits per heavy atom. The van der Waals surface area contributed by atoms with Crippen molar-refractivity contribution in [3.05, 3.63) is 70.0 Å². The summed E-state index contributed by atoms with van der Waals surface area (Å²) in [7, 11) is 4.68. The van der Waals surface area contributed by atoms with Crippen LogP contribution in [0.4, 0.5) is 0 Å². The van der Waals surface area contributed by atoms with Crippen LogP contribution in [0, 0.1) is 0 Å². The van der Waals surface area contributed by atoms with E-state index in [1.54, 1.807) is 27.4 Å². The second-order valence-corrected chi connectivity index (χ2v) is 5.68. The summed E-state index contributed by atoms with van der Waals surface area (Å²) in [6.45, 7) is 0. The first kappa shape index (κ1) is 17.5.